The number of carbonyl (C=O) groups excluding carboxylic acids is 1. The molecule has 0 bridgehead atoms. The highest BCUT2D eigenvalue weighted by Gasteiger charge is 2.43. The van der Waals surface area contributed by atoms with Crippen molar-refractivity contribution in [2.24, 2.45) is 12.5 Å². The molecule has 4 rings (SSSR count). The number of aromatic nitrogens is 2. The zero-order valence-electron chi connectivity index (χ0n) is 16.7. The Bertz CT molecular complexity index is 1010. The average Bonchev–Trinajstić information content (AvgIpc) is 3.16. The predicted molar refractivity (Wildman–Crippen MR) is 107 cm³/mol. The Labute approximate surface area is 171 Å². The lowest BCUT2D eigenvalue weighted by molar-refractivity contribution is 0.0300. The minimum Gasteiger partial charge on any atom is -0.492 e. The van der Waals surface area contributed by atoms with Crippen molar-refractivity contribution in [1.82, 2.24) is 18.8 Å². The van der Waals surface area contributed by atoms with Crippen LogP contribution in [0.3, 0.4) is 0 Å². The normalized spacial score (nSPS) is 21.1. The molecule has 0 atom stereocenters. The highest BCUT2D eigenvalue weighted by molar-refractivity contribution is 7.89. The highest BCUT2D eigenvalue weighted by atomic mass is 32.2. The van der Waals surface area contributed by atoms with E-state index in [1.165, 1.54) is 0 Å². The van der Waals surface area contributed by atoms with E-state index in [-0.39, 0.29) is 16.2 Å². The second-order valence-corrected chi connectivity index (χ2v) is 9.75. The van der Waals surface area contributed by atoms with E-state index in [1.807, 2.05) is 11.8 Å². The fourth-order valence-electron chi connectivity index (χ4n) is 4.15. The third-order valence-electron chi connectivity index (χ3n) is 6.01. The van der Waals surface area contributed by atoms with E-state index in [0.29, 0.717) is 57.1 Å². The first kappa shape index (κ1) is 19.9. The second-order valence-electron chi connectivity index (χ2n) is 7.85. The van der Waals surface area contributed by atoms with Gasteiger partial charge in [0.05, 0.1) is 19.1 Å². The molecule has 0 aliphatic carbocycles. The summed E-state index contributed by atoms with van der Waals surface area (Å²) in [5.41, 5.74) is 0.237. The number of hydrogen-bond donors (Lipinski definition) is 0. The molecule has 1 amide bonds. The Kier molecular flexibility index (Phi) is 5.12. The second kappa shape index (κ2) is 7.46. The van der Waals surface area contributed by atoms with Crippen LogP contribution in [0, 0.1) is 5.41 Å². The van der Waals surface area contributed by atoms with E-state index >= 15 is 0 Å². The molecule has 0 saturated carbocycles. The molecule has 1 fully saturated rings. The number of piperidine rings is 1. The van der Waals surface area contributed by atoms with Crippen molar-refractivity contribution in [3.63, 3.8) is 0 Å². The van der Waals surface area contributed by atoms with Gasteiger partial charge in [0.15, 0.2) is 0 Å². The topological polar surface area (TPSA) is 84.7 Å². The molecular weight excluding hydrogens is 392 g/mol. The summed E-state index contributed by atoms with van der Waals surface area (Å²) in [7, 11) is -1.82. The van der Waals surface area contributed by atoms with Crippen LogP contribution >= 0.6 is 0 Å². The minimum atomic E-state index is -3.62. The summed E-state index contributed by atoms with van der Waals surface area (Å²) in [6.45, 7) is 4.21. The number of hydrogen-bond acceptors (Lipinski definition) is 5. The van der Waals surface area contributed by atoms with Crippen LogP contribution in [0.5, 0.6) is 5.75 Å². The van der Waals surface area contributed by atoms with Crippen molar-refractivity contribution in [3.8, 4) is 5.75 Å². The van der Waals surface area contributed by atoms with Crippen LogP contribution in [0.25, 0.3) is 0 Å². The lowest BCUT2D eigenvalue weighted by atomic mass is 9.78. The van der Waals surface area contributed by atoms with Crippen molar-refractivity contribution in [1.29, 1.82) is 0 Å². The molecule has 9 heteroatoms. The van der Waals surface area contributed by atoms with E-state index in [2.05, 4.69) is 4.98 Å². The number of sulfonamides is 1. The van der Waals surface area contributed by atoms with Gasteiger partial charge in [0.1, 0.15) is 16.3 Å². The monoisotopic (exact) mass is 418 g/mol. The summed E-state index contributed by atoms with van der Waals surface area (Å²) in [4.78, 5) is 18.9. The number of carbonyl (C=O) groups is 1. The van der Waals surface area contributed by atoms with Crippen molar-refractivity contribution < 1.29 is 17.9 Å². The maximum absolute atomic E-state index is 13.2. The number of nitrogens with zero attached hydrogens (tertiary/aromatic N) is 4. The van der Waals surface area contributed by atoms with Gasteiger partial charge in [0.2, 0.25) is 10.0 Å². The number of aryl methyl sites for hydroxylation is 1. The van der Waals surface area contributed by atoms with Crippen molar-refractivity contribution in [2.45, 2.75) is 24.7 Å². The van der Waals surface area contributed by atoms with Crippen LogP contribution in [0.15, 0.2) is 41.7 Å². The summed E-state index contributed by atoms with van der Waals surface area (Å²) < 4.78 is 35.6. The summed E-state index contributed by atoms with van der Waals surface area (Å²) >= 11 is 0. The maximum Gasteiger partial charge on any atom is 0.272 e. The number of imidazole rings is 1. The summed E-state index contributed by atoms with van der Waals surface area (Å²) in [5.74, 6) is 0.357. The van der Waals surface area contributed by atoms with E-state index in [9.17, 15) is 13.2 Å². The first-order valence-corrected chi connectivity index (χ1v) is 11.3. The minimum absolute atomic E-state index is 0.0445. The standard InChI is InChI=1S/C20H26N4O4S/c1-3-24-13-20(14-28-17-6-4-5-7-18(17)29(24,26)27)8-10-23(11-9-20)19(25)16-12-21-15-22(16)2/h4-7,12,15H,3,8-11,13-14H2,1-2H3. The Morgan fingerprint density at radius 2 is 1.97 bits per heavy atom. The largest absolute Gasteiger partial charge is 0.492 e. The van der Waals surface area contributed by atoms with Gasteiger partial charge in [-0.15, -0.1) is 0 Å². The molecule has 0 N–H and O–H groups in total. The maximum atomic E-state index is 13.2. The molecule has 0 unspecified atom stereocenters. The molecule has 1 aromatic heterocycles. The SMILES string of the molecule is CCN1CC2(CCN(C(=O)c3cncn3C)CC2)COc2ccccc2S1(=O)=O. The molecule has 0 radical (unpaired) electrons. The number of amides is 1. The number of rotatable bonds is 2. The van der Waals surface area contributed by atoms with Gasteiger partial charge in [-0.1, -0.05) is 19.1 Å². The zero-order chi connectivity index (χ0) is 20.6. The van der Waals surface area contributed by atoms with Gasteiger partial charge in [-0.2, -0.15) is 4.31 Å². The Balaban J connectivity index is 1.57. The predicted octanol–water partition coefficient (Wildman–Crippen LogP) is 1.75. The Morgan fingerprint density at radius 1 is 1.24 bits per heavy atom. The molecule has 1 aromatic carbocycles. The first-order chi connectivity index (χ1) is 13.9. The first-order valence-electron chi connectivity index (χ1n) is 9.84. The molecule has 1 saturated heterocycles. The quantitative estimate of drug-likeness (QED) is 0.742. The summed E-state index contributed by atoms with van der Waals surface area (Å²) in [5, 5.41) is 0. The van der Waals surface area contributed by atoms with E-state index in [4.69, 9.17) is 4.74 Å². The van der Waals surface area contributed by atoms with E-state index in [0.717, 1.165) is 0 Å². The van der Waals surface area contributed by atoms with Crippen LogP contribution in [0.4, 0.5) is 0 Å². The van der Waals surface area contributed by atoms with Gasteiger partial charge in [0.25, 0.3) is 5.91 Å². The zero-order valence-corrected chi connectivity index (χ0v) is 17.6. The number of para-hydroxylation sites is 1. The number of ether oxygens (including phenoxy) is 1. The molecule has 8 nitrogen and oxygen atoms in total. The molecule has 2 aromatic rings. The van der Waals surface area contributed by atoms with Crippen molar-refractivity contribution >= 4 is 15.9 Å². The van der Waals surface area contributed by atoms with Gasteiger partial charge >= 0.3 is 0 Å². The molecule has 29 heavy (non-hydrogen) atoms. The van der Waals surface area contributed by atoms with Gasteiger partial charge in [-0.3, -0.25) is 4.79 Å². The lowest BCUT2D eigenvalue weighted by Gasteiger charge is -2.44. The van der Waals surface area contributed by atoms with Gasteiger partial charge in [-0.25, -0.2) is 13.4 Å². The molecule has 1 spiro atoms. The number of fused-ring (bicyclic) bond motifs is 1. The van der Waals surface area contributed by atoms with Gasteiger partial charge in [-0.05, 0) is 25.0 Å². The fraction of sp³-hybridized carbons (Fsp3) is 0.500. The van der Waals surface area contributed by atoms with Gasteiger partial charge < -0.3 is 14.2 Å². The van der Waals surface area contributed by atoms with Crippen LogP contribution in [0.2, 0.25) is 0 Å². The average molecular weight is 419 g/mol. The summed E-state index contributed by atoms with van der Waals surface area (Å²) in [6, 6.07) is 6.81. The van der Waals surface area contributed by atoms with Crippen LogP contribution in [0.1, 0.15) is 30.3 Å². The van der Waals surface area contributed by atoms with E-state index < -0.39 is 10.0 Å². The fourth-order valence-corrected chi connectivity index (χ4v) is 5.84. The van der Waals surface area contributed by atoms with Gasteiger partial charge in [0, 0.05) is 38.6 Å². The lowest BCUT2D eigenvalue weighted by Crippen LogP contribution is -2.52. The smallest absolute Gasteiger partial charge is 0.272 e. The third-order valence-corrected chi connectivity index (χ3v) is 7.97. The highest BCUT2D eigenvalue weighted by Crippen LogP contribution is 2.39. The van der Waals surface area contributed by atoms with Crippen molar-refractivity contribution in [2.75, 3.05) is 32.8 Å². The molecule has 156 valence electrons. The Hall–Kier alpha value is -2.39. The molecule has 2 aliphatic rings. The van der Waals surface area contributed by atoms with Crippen molar-refractivity contribution in [3.05, 3.63) is 42.5 Å². The summed E-state index contributed by atoms with van der Waals surface area (Å²) in [6.07, 6.45) is 4.56. The number of benzene rings is 1. The molecule has 2 aliphatic heterocycles. The van der Waals surface area contributed by atoms with E-state index in [1.54, 1.807) is 52.7 Å². The third kappa shape index (κ3) is 3.53. The van der Waals surface area contributed by atoms with Crippen LogP contribution < -0.4 is 4.74 Å². The van der Waals surface area contributed by atoms with Crippen LogP contribution in [-0.4, -0.2) is 65.9 Å². The Morgan fingerprint density at radius 3 is 2.62 bits per heavy atom. The van der Waals surface area contributed by atoms with Crippen LogP contribution in [-0.2, 0) is 17.1 Å². The number of likely N-dealkylation sites (tertiary alicyclic amines) is 1. The molecular formula is C20H26N4O4S. The molecule has 3 heterocycles.